The molecule has 0 aromatic heterocycles. The van der Waals surface area contributed by atoms with Gasteiger partial charge in [0.25, 0.3) is 0 Å². The molecule has 10 heteroatoms. The van der Waals surface area contributed by atoms with Crippen LogP contribution in [0.2, 0.25) is 0 Å². The molecule has 0 saturated carbocycles. The molecule has 5 rings (SSSR count). The predicted octanol–water partition coefficient (Wildman–Crippen LogP) is 3.81. The van der Waals surface area contributed by atoms with Gasteiger partial charge in [-0.15, -0.1) is 24.8 Å². The topological polar surface area (TPSA) is 70.2 Å². The number of ether oxygens (including phenoxy) is 1. The van der Waals surface area contributed by atoms with Gasteiger partial charge in [0, 0.05) is 58.1 Å². The van der Waals surface area contributed by atoms with Crippen molar-refractivity contribution in [2.75, 3.05) is 39.3 Å². The lowest BCUT2D eigenvalue weighted by Gasteiger charge is -2.38. The number of carbonyl (C=O) groups excluding carboxylic acids is 1. The summed E-state index contributed by atoms with van der Waals surface area (Å²) in [5.74, 6) is -0.279. The van der Waals surface area contributed by atoms with Crippen LogP contribution in [0.3, 0.4) is 0 Å². The highest BCUT2D eigenvalue weighted by Crippen LogP contribution is 2.28. The van der Waals surface area contributed by atoms with Crippen LogP contribution in [0.4, 0.5) is 0 Å². The standard InChI is InChI=1S/C27H31N3O4S.2ClH/c1-21(31)34-26-20-28(18-22-8-3-2-4-9-22)19-25(26)29-14-16-30(17-15-29)35(32,33)27-13-7-11-23-10-5-6-12-24(23)27;;/h2-13,25-26H,14-20H2,1H3;2*1H. The van der Waals surface area contributed by atoms with Crippen molar-refractivity contribution < 1.29 is 17.9 Å². The molecule has 0 N–H and O–H groups in total. The van der Waals surface area contributed by atoms with Crippen molar-refractivity contribution in [1.82, 2.24) is 14.1 Å². The molecule has 0 bridgehead atoms. The first-order chi connectivity index (χ1) is 16.9. The Labute approximate surface area is 231 Å². The maximum absolute atomic E-state index is 13.5. The summed E-state index contributed by atoms with van der Waals surface area (Å²) in [6.45, 7) is 5.73. The van der Waals surface area contributed by atoms with Crippen molar-refractivity contribution in [2.24, 2.45) is 0 Å². The summed E-state index contributed by atoms with van der Waals surface area (Å²) in [7, 11) is -3.61. The molecule has 7 nitrogen and oxygen atoms in total. The molecule has 200 valence electrons. The van der Waals surface area contributed by atoms with Gasteiger partial charge in [0.15, 0.2) is 0 Å². The Kier molecular flexibility index (Phi) is 9.97. The Morgan fingerprint density at radius 3 is 2.22 bits per heavy atom. The third-order valence-electron chi connectivity index (χ3n) is 6.99. The lowest BCUT2D eigenvalue weighted by Crippen LogP contribution is -2.55. The van der Waals surface area contributed by atoms with Gasteiger partial charge in [0.2, 0.25) is 10.0 Å². The molecule has 2 unspecified atom stereocenters. The average molecular weight is 567 g/mol. The number of nitrogens with zero attached hydrogens (tertiary/aromatic N) is 3. The van der Waals surface area contributed by atoms with E-state index in [0.717, 1.165) is 23.9 Å². The largest absolute Gasteiger partial charge is 0.459 e. The molecule has 0 amide bonds. The number of halogens is 2. The number of fused-ring (bicyclic) bond motifs is 1. The van der Waals surface area contributed by atoms with Gasteiger partial charge < -0.3 is 4.74 Å². The zero-order chi connectivity index (χ0) is 24.4. The van der Waals surface area contributed by atoms with Crippen molar-refractivity contribution in [3.63, 3.8) is 0 Å². The Balaban J connectivity index is 0.00000190. The van der Waals surface area contributed by atoms with Gasteiger partial charge in [-0.1, -0.05) is 66.7 Å². The molecule has 0 spiro atoms. The van der Waals surface area contributed by atoms with E-state index in [-0.39, 0.29) is 42.9 Å². The lowest BCUT2D eigenvalue weighted by atomic mass is 10.1. The molecule has 37 heavy (non-hydrogen) atoms. The second kappa shape index (κ2) is 12.6. The fraction of sp³-hybridized carbons (Fsp3) is 0.370. The van der Waals surface area contributed by atoms with Crippen LogP contribution in [0, 0.1) is 0 Å². The van der Waals surface area contributed by atoms with Crippen LogP contribution < -0.4 is 0 Å². The van der Waals surface area contributed by atoms with Gasteiger partial charge in [0.1, 0.15) is 6.10 Å². The smallest absolute Gasteiger partial charge is 0.303 e. The number of piperazine rings is 1. The van der Waals surface area contributed by atoms with Crippen LogP contribution in [-0.2, 0) is 26.1 Å². The van der Waals surface area contributed by atoms with Crippen LogP contribution in [-0.4, -0.2) is 79.9 Å². The normalized spacial score (nSPS) is 21.2. The van der Waals surface area contributed by atoms with E-state index in [9.17, 15) is 13.2 Å². The molecule has 2 atom stereocenters. The summed E-state index contributed by atoms with van der Waals surface area (Å²) >= 11 is 0. The highest BCUT2D eigenvalue weighted by molar-refractivity contribution is 7.89. The minimum absolute atomic E-state index is 0. The van der Waals surface area contributed by atoms with E-state index in [4.69, 9.17) is 4.74 Å². The number of esters is 1. The number of rotatable bonds is 6. The van der Waals surface area contributed by atoms with E-state index >= 15 is 0 Å². The number of benzene rings is 3. The zero-order valence-electron chi connectivity index (χ0n) is 20.7. The third-order valence-corrected chi connectivity index (χ3v) is 8.95. The number of hydrogen-bond donors (Lipinski definition) is 0. The van der Waals surface area contributed by atoms with Crippen molar-refractivity contribution in [2.45, 2.75) is 30.5 Å². The first kappa shape index (κ1) is 29.4. The van der Waals surface area contributed by atoms with Crippen LogP contribution in [0.15, 0.2) is 77.7 Å². The molecule has 0 radical (unpaired) electrons. The van der Waals surface area contributed by atoms with E-state index in [2.05, 4.69) is 21.9 Å². The maximum Gasteiger partial charge on any atom is 0.303 e. The van der Waals surface area contributed by atoms with Crippen molar-refractivity contribution in [3.05, 3.63) is 78.4 Å². The maximum atomic E-state index is 13.5. The Morgan fingerprint density at radius 2 is 1.51 bits per heavy atom. The second-order valence-corrected chi connectivity index (χ2v) is 11.2. The Morgan fingerprint density at radius 1 is 0.865 bits per heavy atom. The molecule has 0 aliphatic carbocycles. The van der Waals surface area contributed by atoms with Crippen LogP contribution in [0.5, 0.6) is 0 Å². The summed E-state index contributed by atoms with van der Waals surface area (Å²) < 4.78 is 34.3. The van der Waals surface area contributed by atoms with E-state index < -0.39 is 10.0 Å². The van der Waals surface area contributed by atoms with E-state index in [1.54, 1.807) is 16.4 Å². The fourth-order valence-corrected chi connectivity index (χ4v) is 6.95. The number of sulfonamides is 1. The number of carbonyl (C=O) groups is 1. The summed E-state index contributed by atoms with van der Waals surface area (Å²) in [5.41, 5.74) is 1.22. The molecule has 2 fully saturated rings. The predicted molar refractivity (Wildman–Crippen MR) is 150 cm³/mol. The molecule has 3 aromatic rings. The minimum atomic E-state index is -3.61. The van der Waals surface area contributed by atoms with Gasteiger partial charge in [-0.3, -0.25) is 14.6 Å². The molecule has 2 saturated heterocycles. The molecule has 2 aliphatic rings. The molecule has 2 aliphatic heterocycles. The van der Waals surface area contributed by atoms with E-state index in [1.807, 2.05) is 48.5 Å². The Hall–Kier alpha value is -2.20. The molecular weight excluding hydrogens is 533 g/mol. The highest BCUT2D eigenvalue weighted by atomic mass is 35.5. The molecular formula is C27H33Cl2N3O4S. The van der Waals surface area contributed by atoms with Gasteiger partial charge in [-0.25, -0.2) is 8.42 Å². The van der Waals surface area contributed by atoms with Crippen LogP contribution in [0.1, 0.15) is 12.5 Å². The highest BCUT2D eigenvalue weighted by Gasteiger charge is 2.41. The van der Waals surface area contributed by atoms with Crippen molar-refractivity contribution in [3.8, 4) is 0 Å². The fourth-order valence-electron chi connectivity index (χ4n) is 5.32. The van der Waals surface area contributed by atoms with E-state index in [1.165, 1.54) is 12.5 Å². The third kappa shape index (κ3) is 6.45. The summed E-state index contributed by atoms with van der Waals surface area (Å²) in [6, 6.07) is 23.3. The first-order valence-corrected chi connectivity index (χ1v) is 13.5. The van der Waals surface area contributed by atoms with Gasteiger partial charge in [0.05, 0.1) is 10.9 Å². The van der Waals surface area contributed by atoms with Crippen LogP contribution in [0.25, 0.3) is 10.8 Å². The second-order valence-electron chi connectivity index (χ2n) is 9.31. The average Bonchev–Trinajstić information content (AvgIpc) is 3.25. The summed E-state index contributed by atoms with van der Waals surface area (Å²) in [4.78, 5) is 16.7. The van der Waals surface area contributed by atoms with Crippen LogP contribution >= 0.6 is 24.8 Å². The molecule has 2 heterocycles. The van der Waals surface area contributed by atoms with Crippen molar-refractivity contribution in [1.29, 1.82) is 0 Å². The monoisotopic (exact) mass is 565 g/mol. The number of hydrogen-bond acceptors (Lipinski definition) is 6. The van der Waals surface area contributed by atoms with Gasteiger partial charge >= 0.3 is 5.97 Å². The summed E-state index contributed by atoms with van der Waals surface area (Å²) in [6.07, 6.45) is -0.225. The van der Waals surface area contributed by atoms with Gasteiger partial charge in [-0.2, -0.15) is 4.31 Å². The number of likely N-dealkylation sites (tertiary alicyclic amines) is 1. The minimum Gasteiger partial charge on any atom is -0.459 e. The quantitative estimate of drug-likeness (QED) is 0.423. The van der Waals surface area contributed by atoms with Gasteiger partial charge in [-0.05, 0) is 17.0 Å². The first-order valence-electron chi connectivity index (χ1n) is 12.1. The zero-order valence-corrected chi connectivity index (χ0v) is 23.2. The SMILES string of the molecule is CC(=O)OC1CN(Cc2ccccc2)CC1N1CCN(S(=O)(=O)c2cccc3ccccc23)CC1.Cl.Cl. The Bertz CT molecular complexity index is 1300. The van der Waals surface area contributed by atoms with Crippen molar-refractivity contribution >= 4 is 51.6 Å². The lowest BCUT2D eigenvalue weighted by molar-refractivity contribution is -0.148. The van der Waals surface area contributed by atoms with E-state index in [0.29, 0.717) is 37.6 Å². The molecule has 3 aromatic carbocycles. The summed E-state index contributed by atoms with van der Waals surface area (Å²) in [5, 5.41) is 1.67.